The van der Waals surface area contributed by atoms with E-state index in [9.17, 15) is 36.3 Å². The number of nitrogens with zero attached hydrogens (tertiary/aromatic N) is 2. The van der Waals surface area contributed by atoms with E-state index < -0.39 is 37.9 Å². The number of aliphatic carboxylic acids is 1. The zero-order chi connectivity index (χ0) is 43.7. The molecule has 60 heavy (non-hydrogen) atoms. The normalized spacial score (nSPS) is 13.2. The monoisotopic (exact) mass is 895 g/mol. The number of carbonyl (C=O) groups is 3. The lowest BCUT2D eigenvalue weighted by Crippen LogP contribution is -2.29. The predicted molar refractivity (Wildman–Crippen MR) is 228 cm³/mol. The molecule has 0 atom stereocenters. The molecule has 0 aromatic heterocycles. The van der Waals surface area contributed by atoms with E-state index in [1.807, 2.05) is 6.92 Å². The van der Waals surface area contributed by atoms with Crippen LogP contribution < -0.4 is 23.4 Å². The summed E-state index contributed by atoms with van der Waals surface area (Å²) in [5.74, 6) is -2.09. The van der Waals surface area contributed by atoms with E-state index in [0.717, 1.165) is 22.3 Å². The second kappa shape index (κ2) is 17.4. The van der Waals surface area contributed by atoms with Gasteiger partial charge in [0, 0.05) is 34.4 Å². The van der Waals surface area contributed by atoms with Crippen molar-refractivity contribution in [3.8, 4) is 11.5 Å². The fourth-order valence-corrected chi connectivity index (χ4v) is 11.0. The molecule has 2 aliphatic heterocycles. The molecular formula is C42H39Cl2N3O11S2. The van der Waals surface area contributed by atoms with Crippen LogP contribution >= 0.6 is 23.2 Å². The number of rotatable bonds is 11. The molecule has 0 aliphatic carbocycles. The summed E-state index contributed by atoms with van der Waals surface area (Å²) in [6.07, 6.45) is 0.916. The molecule has 0 bridgehead atoms. The van der Waals surface area contributed by atoms with Crippen LogP contribution in [0.2, 0.25) is 10.0 Å². The molecule has 3 N–H and O–H groups in total. The van der Waals surface area contributed by atoms with Crippen molar-refractivity contribution in [3.05, 3.63) is 134 Å². The molecule has 0 spiro atoms. The van der Waals surface area contributed by atoms with Crippen molar-refractivity contribution in [1.82, 2.24) is 0 Å². The lowest BCUT2D eigenvalue weighted by atomic mass is 10.0. The van der Waals surface area contributed by atoms with Gasteiger partial charge in [-0.1, -0.05) is 35.3 Å². The van der Waals surface area contributed by atoms with Gasteiger partial charge in [0.05, 0.1) is 37.6 Å². The van der Waals surface area contributed by atoms with Crippen molar-refractivity contribution in [3.63, 3.8) is 0 Å². The molecule has 0 saturated heterocycles. The maximum atomic E-state index is 13.6. The number of sulfonamides is 2. The average Bonchev–Trinajstić information content (AvgIpc) is 3.85. The summed E-state index contributed by atoms with van der Waals surface area (Å²) >= 11 is 12.0. The van der Waals surface area contributed by atoms with Gasteiger partial charge in [0.15, 0.2) is 0 Å². The number of aromatic carboxylic acids is 1. The van der Waals surface area contributed by atoms with Crippen LogP contribution in [0.5, 0.6) is 11.5 Å². The molecule has 0 radical (unpaired) electrons. The van der Waals surface area contributed by atoms with Crippen LogP contribution in [0, 0.1) is 13.8 Å². The first-order chi connectivity index (χ1) is 28.3. The second-order valence-corrected chi connectivity index (χ2v) is 18.4. The highest BCUT2D eigenvalue weighted by Crippen LogP contribution is 2.40. The fraction of sp³-hybridized carbons (Fsp3) is 0.214. The topological polar surface area (TPSA) is 197 Å². The summed E-state index contributed by atoms with van der Waals surface area (Å²) in [5, 5.41) is 21.5. The number of benzene rings is 5. The number of nitrogens with one attached hydrogen (secondary N) is 1. The van der Waals surface area contributed by atoms with Crippen LogP contribution in [0.25, 0.3) is 0 Å². The SMILES string of the molecule is COc1ccc(Cl)cc1S(=O)(=O)N1CCc2c(C)cc(C(=O)Nc3ccc(CC(=O)O)cc3)cc21.COc1ccc(Cl)cc1S(=O)(=O)N1CCc2c(C)cc(C(=O)O)cc21. The smallest absolute Gasteiger partial charge is 0.335 e. The van der Waals surface area contributed by atoms with E-state index in [0.29, 0.717) is 41.0 Å². The van der Waals surface area contributed by atoms with Gasteiger partial charge in [-0.05, 0) is 127 Å². The Morgan fingerprint density at radius 1 is 0.667 bits per heavy atom. The van der Waals surface area contributed by atoms with Crippen molar-refractivity contribution in [1.29, 1.82) is 0 Å². The van der Waals surface area contributed by atoms with Gasteiger partial charge in [-0.3, -0.25) is 18.2 Å². The first-order valence-electron chi connectivity index (χ1n) is 18.2. The number of hydrogen-bond acceptors (Lipinski definition) is 9. The number of carbonyl (C=O) groups excluding carboxylic acids is 1. The largest absolute Gasteiger partial charge is 0.495 e. The highest BCUT2D eigenvalue weighted by molar-refractivity contribution is 7.93. The van der Waals surface area contributed by atoms with Gasteiger partial charge in [0.2, 0.25) is 0 Å². The third kappa shape index (κ3) is 8.87. The van der Waals surface area contributed by atoms with Gasteiger partial charge < -0.3 is 25.0 Å². The Balaban J connectivity index is 0.000000213. The van der Waals surface area contributed by atoms with Crippen molar-refractivity contribution in [2.75, 3.05) is 41.2 Å². The molecule has 0 unspecified atom stereocenters. The molecule has 0 fully saturated rings. The van der Waals surface area contributed by atoms with Gasteiger partial charge in [-0.15, -0.1) is 0 Å². The minimum absolute atomic E-state index is 0.0469. The number of carboxylic acid groups (broad SMARTS) is 2. The van der Waals surface area contributed by atoms with Crippen molar-refractivity contribution < 1.29 is 50.9 Å². The standard InChI is InChI=1S/C25H23ClN2O6S.C17H16ClNO5S/c1-15-11-17(25(31)27-19-6-3-16(4-7-19)12-24(29)30)13-21-20(15)9-10-28(21)35(32,33)23-14-18(26)5-8-22(23)34-2;1-10-7-11(17(20)21)8-14-13(10)5-6-19(14)25(22,23)16-9-12(18)3-4-15(16)24-2/h3-8,11,13-14H,9-10,12H2,1-2H3,(H,27,31)(H,29,30);3-4,7-9H,5-6H2,1-2H3,(H,20,21). The number of amides is 1. The Bertz CT molecular complexity index is 2760. The summed E-state index contributed by atoms with van der Waals surface area (Å²) < 4.78 is 66.4. The van der Waals surface area contributed by atoms with Crippen LogP contribution in [0.15, 0.2) is 94.7 Å². The highest BCUT2D eigenvalue weighted by atomic mass is 35.5. The predicted octanol–water partition coefficient (Wildman–Crippen LogP) is 7.39. The van der Waals surface area contributed by atoms with E-state index in [2.05, 4.69) is 5.32 Å². The number of carboxylic acids is 2. The third-order valence-corrected chi connectivity index (χ3v) is 14.2. The molecule has 18 heteroatoms. The van der Waals surface area contributed by atoms with Gasteiger partial charge in [-0.2, -0.15) is 0 Å². The Morgan fingerprint density at radius 3 is 1.55 bits per heavy atom. The molecule has 7 rings (SSSR count). The number of anilines is 3. The summed E-state index contributed by atoms with van der Waals surface area (Å²) in [4.78, 5) is 35.1. The maximum Gasteiger partial charge on any atom is 0.335 e. The molecule has 2 aliphatic rings. The zero-order valence-corrected chi connectivity index (χ0v) is 35.8. The molecule has 5 aromatic carbocycles. The molecule has 314 valence electrons. The van der Waals surface area contributed by atoms with E-state index in [1.54, 1.807) is 61.5 Å². The molecule has 14 nitrogen and oxygen atoms in total. The van der Waals surface area contributed by atoms with Crippen LogP contribution in [-0.2, 0) is 44.1 Å². The summed E-state index contributed by atoms with van der Waals surface area (Å²) in [7, 11) is -5.18. The van der Waals surface area contributed by atoms with E-state index in [-0.39, 0.29) is 56.4 Å². The minimum Gasteiger partial charge on any atom is -0.495 e. The molecule has 5 aromatic rings. The number of hydrogen-bond donors (Lipinski definition) is 3. The Morgan fingerprint density at radius 2 is 1.12 bits per heavy atom. The van der Waals surface area contributed by atoms with Crippen LogP contribution in [0.3, 0.4) is 0 Å². The number of halogens is 2. The number of aryl methyl sites for hydroxylation is 2. The summed E-state index contributed by atoms with van der Waals surface area (Å²) in [5.41, 5.74) is 5.53. The Kier molecular flexibility index (Phi) is 12.7. The first-order valence-corrected chi connectivity index (χ1v) is 21.8. The fourth-order valence-electron chi connectivity index (χ4n) is 7.14. The van der Waals surface area contributed by atoms with Crippen LogP contribution in [-0.4, -0.2) is 72.2 Å². The number of fused-ring (bicyclic) bond motifs is 2. The molecule has 2 heterocycles. The lowest BCUT2D eigenvalue weighted by molar-refractivity contribution is -0.136. The Labute approximate surface area is 357 Å². The summed E-state index contributed by atoms with van der Waals surface area (Å²) in [6, 6.07) is 21.5. The first kappa shape index (κ1) is 43.8. The number of ether oxygens (including phenoxy) is 2. The molecule has 0 saturated carbocycles. The number of methoxy groups -OCH3 is 2. The lowest BCUT2D eigenvalue weighted by Gasteiger charge is -2.22. The zero-order valence-electron chi connectivity index (χ0n) is 32.7. The van der Waals surface area contributed by atoms with Gasteiger partial charge in [-0.25, -0.2) is 21.6 Å². The molecular weight excluding hydrogens is 858 g/mol. The van der Waals surface area contributed by atoms with Gasteiger partial charge in [0.25, 0.3) is 26.0 Å². The van der Waals surface area contributed by atoms with Gasteiger partial charge >= 0.3 is 11.9 Å². The van der Waals surface area contributed by atoms with Crippen LogP contribution in [0.1, 0.15) is 48.5 Å². The Hall–Kier alpha value is -5.81. The van der Waals surface area contributed by atoms with E-state index in [1.165, 1.54) is 53.2 Å². The average molecular weight is 897 g/mol. The summed E-state index contributed by atoms with van der Waals surface area (Å²) in [6.45, 7) is 4.08. The highest BCUT2D eigenvalue weighted by Gasteiger charge is 2.36. The molecule has 1 amide bonds. The third-order valence-electron chi connectivity index (χ3n) is 10.0. The van der Waals surface area contributed by atoms with Crippen molar-refractivity contribution >= 4 is 78.2 Å². The van der Waals surface area contributed by atoms with Crippen LogP contribution in [0.4, 0.5) is 17.1 Å². The van der Waals surface area contributed by atoms with Gasteiger partial charge in [0.1, 0.15) is 21.3 Å². The second-order valence-electron chi connectivity index (χ2n) is 13.9. The minimum atomic E-state index is -4.01. The maximum absolute atomic E-state index is 13.6. The quantitative estimate of drug-likeness (QED) is 0.120. The van der Waals surface area contributed by atoms with Crippen molar-refractivity contribution in [2.45, 2.75) is 42.9 Å². The van der Waals surface area contributed by atoms with E-state index >= 15 is 0 Å². The van der Waals surface area contributed by atoms with E-state index in [4.69, 9.17) is 37.8 Å². The van der Waals surface area contributed by atoms with Crippen molar-refractivity contribution in [2.24, 2.45) is 0 Å².